The molecule has 0 spiro atoms. The summed E-state index contributed by atoms with van der Waals surface area (Å²) in [5.41, 5.74) is 3.82. The van der Waals surface area contributed by atoms with Crippen molar-refractivity contribution < 1.29 is 9.90 Å². The van der Waals surface area contributed by atoms with Crippen LogP contribution >= 0.6 is 0 Å². The molecule has 8 nitrogen and oxygen atoms in total. The number of aromatic hydroxyl groups is 1. The van der Waals surface area contributed by atoms with Gasteiger partial charge in [0, 0.05) is 29.9 Å². The summed E-state index contributed by atoms with van der Waals surface area (Å²) in [7, 11) is 0. The molecule has 0 saturated carbocycles. The lowest BCUT2D eigenvalue weighted by Gasteiger charge is -2.20. The third-order valence-electron chi connectivity index (χ3n) is 6.59. The number of rotatable bonds is 7. The Kier molecular flexibility index (Phi) is 5.82. The first-order valence-electron chi connectivity index (χ1n) is 12.0. The van der Waals surface area contributed by atoms with Gasteiger partial charge in [0.25, 0.3) is 5.91 Å². The number of nitrogens with zero attached hydrogens (tertiary/aromatic N) is 4. The van der Waals surface area contributed by atoms with Gasteiger partial charge in [-0.25, -0.2) is 9.97 Å². The Hall–Kier alpha value is -4.98. The molecule has 6 aromatic rings. The predicted octanol–water partition coefficient (Wildman–Crippen LogP) is 4.89. The molecule has 8 heteroatoms. The van der Waals surface area contributed by atoms with E-state index in [0.717, 1.165) is 33.2 Å². The summed E-state index contributed by atoms with van der Waals surface area (Å²) in [4.78, 5) is 24.8. The minimum absolute atomic E-state index is 0.0498. The molecule has 37 heavy (non-hydrogen) atoms. The summed E-state index contributed by atoms with van der Waals surface area (Å²) in [6, 6.07) is 22.8. The van der Waals surface area contributed by atoms with Crippen molar-refractivity contribution >= 4 is 27.7 Å². The van der Waals surface area contributed by atoms with E-state index in [-0.39, 0.29) is 23.3 Å². The molecule has 0 saturated heterocycles. The van der Waals surface area contributed by atoms with Crippen molar-refractivity contribution in [1.29, 1.82) is 0 Å². The molecule has 3 heterocycles. The topological polar surface area (TPSA) is 109 Å². The van der Waals surface area contributed by atoms with Crippen molar-refractivity contribution in [2.24, 2.45) is 0 Å². The second-order valence-corrected chi connectivity index (χ2v) is 8.89. The van der Waals surface area contributed by atoms with E-state index < -0.39 is 0 Å². The molecular weight excluding hydrogens is 464 g/mol. The molecule has 3 aromatic heterocycles. The van der Waals surface area contributed by atoms with E-state index in [1.165, 1.54) is 17.8 Å². The average Bonchev–Trinajstić information content (AvgIpc) is 3.61. The van der Waals surface area contributed by atoms with Crippen LogP contribution in [0.5, 0.6) is 5.75 Å². The van der Waals surface area contributed by atoms with Crippen LogP contribution in [-0.4, -0.2) is 42.3 Å². The van der Waals surface area contributed by atoms with Crippen LogP contribution in [0.4, 0.5) is 0 Å². The Balaban J connectivity index is 1.34. The maximum absolute atomic E-state index is 12.9. The molecule has 0 fully saturated rings. The van der Waals surface area contributed by atoms with Crippen molar-refractivity contribution in [2.45, 2.75) is 12.5 Å². The van der Waals surface area contributed by atoms with Gasteiger partial charge < -0.3 is 15.4 Å². The van der Waals surface area contributed by atoms with E-state index in [4.69, 9.17) is 0 Å². The summed E-state index contributed by atoms with van der Waals surface area (Å²) in [6.45, 7) is 0.320. The van der Waals surface area contributed by atoms with E-state index in [1.54, 1.807) is 24.4 Å². The largest absolute Gasteiger partial charge is 0.507 e. The minimum atomic E-state index is -0.335. The fourth-order valence-corrected chi connectivity index (χ4v) is 4.72. The summed E-state index contributed by atoms with van der Waals surface area (Å²) in [6.07, 6.45) is 7.76. The van der Waals surface area contributed by atoms with Crippen LogP contribution < -0.4 is 5.32 Å². The number of benzene rings is 3. The number of hydrogen-bond acceptors (Lipinski definition) is 5. The number of carbonyl (C=O) groups excluding carboxylic acids is 1. The second kappa shape index (κ2) is 9.58. The number of para-hydroxylation sites is 1. The first-order valence-corrected chi connectivity index (χ1v) is 12.0. The molecule has 182 valence electrons. The van der Waals surface area contributed by atoms with Gasteiger partial charge in [0.1, 0.15) is 17.7 Å². The van der Waals surface area contributed by atoms with Crippen molar-refractivity contribution in [2.75, 3.05) is 6.54 Å². The Bertz CT molecular complexity index is 1720. The first kappa shape index (κ1) is 22.5. The van der Waals surface area contributed by atoms with E-state index in [2.05, 4.69) is 49.6 Å². The van der Waals surface area contributed by atoms with Gasteiger partial charge in [0.05, 0.1) is 23.5 Å². The zero-order chi connectivity index (χ0) is 25.2. The van der Waals surface area contributed by atoms with Crippen molar-refractivity contribution in [1.82, 2.24) is 30.0 Å². The Morgan fingerprint density at radius 2 is 1.81 bits per heavy atom. The lowest BCUT2D eigenvalue weighted by molar-refractivity contribution is 0.0944. The molecule has 6 rings (SSSR count). The van der Waals surface area contributed by atoms with Crippen LogP contribution in [0.3, 0.4) is 0 Å². The van der Waals surface area contributed by atoms with Gasteiger partial charge in [0.2, 0.25) is 0 Å². The number of phenols is 1. The zero-order valence-electron chi connectivity index (χ0n) is 19.9. The quantitative estimate of drug-likeness (QED) is 0.296. The normalized spacial score (nSPS) is 12.1. The Morgan fingerprint density at radius 3 is 2.73 bits per heavy atom. The molecular formula is C29H24N6O2. The number of phenolic OH excluding ortho intramolecular Hbond substituents is 1. The molecule has 0 bridgehead atoms. The van der Waals surface area contributed by atoms with Gasteiger partial charge in [-0.1, -0.05) is 54.6 Å². The Morgan fingerprint density at radius 1 is 0.973 bits per heavy atom. The molecule has 0 aliphatic heterocycles. The number of amides is 1. The zero-order valence-corrected chi connectivity index (χ0v) is 19.9. The monoisotopic (exact) mass is 488 g/mol. The molecule has 1 unspecified atom stereocenters. The van der Waals surface area contributed by atoms with Gasteiger partial charge in [0.15, 0.2) is 0 Å². The van der Waals surface area contributed by atoms with E-state index in [9.17, 15) is 9.90 Å². The molecule has 0 radical (unpaired) electrons. The smallest absolute Gasteiger partial charge is 0.255 e. The number of fused-ring (bicyclic) bond motifs is 2. The summed E-state index contributed by atoms with van der Waals surface area (Å²) >= 11 is 0. The maximum atomic E-state index is 12.9. The van der Waals surface area contributed by atoms with Crippen LogP contribution in [0.2, 0.25) is 0 Å². The minimum Gasteiger partial charge on any atom is -0.507 e. The third-order valence-corrected chi connectivity index (χ3v) is 6.59. The lowest BCUT2D eigenvalue weighted by atomic mass is 9.98. The number of nitrogens with one attached hydrogen (secondary N) is 2. The summed E-state index contributed by atoms with van der Waals surface area (Å²) < 4.78 is 1.88. The summed E-state index contributed by atoms with van der Waals surface area (Å²) in [5.74, 6) is -0.385. The summed E-state index contributed by atoms with van der Waals surface area (Å²) in [5, 5.41) is 21.0. The van der Waals surface area contributed by atoms with Crippen LogP contribution in [0.1, 0.15) is 22.0 Å². The van der Waals surface area contributed by atoms with E-state index in [0.29, 0.717) is 13.0 Å². The lowest BCUT2D eigenvalue weighted by Crippen LogP contribution is -2.32. The number of hydrogen-bond donors (Lipinski definition) is 3. The third kappa shape index (κ3) is 4.40. The standard InChI is InChI=1S/C29H24N6O2/c36-26-11-4-3-10-24(26)29(37)31-16-22(14-20-8-5-7-19-6-1-2-9-23(19)20)35-17-21(15-34-35)27-25-12-13-30-28(25)33-18-32-27/h1-13,15,17-18,22,36H,14,16H2,(H,31,37)(H,30,32,33). The van der Waals surface area contributed by atoms with Gasteiger partial charge in [-0.2, -0.15) is 5.10 Å². The Labute approximate surface area is 212 Å². The molecule has 1 amide bonds. The van der Waals surface area contributed by atoms with Crippen LogP contribution in [-0.2, 0) is 6.42 Å². The highest BCUT2D eigenvalue weighted by molar-refractivity contribution is 5.96. The molecule has 0 aliphatic carbocycles. The number of H-pyrrole nitrogens is 1. The van der Waals surface area contributed by atoms with Crippen molar-refractivity contribution in [3.05, 3.63) is 109 Å². The van der Waals surface area contributed by atoms with Gasteiger partial charge in [-0.3, -0.25) is 9.48 Å². The SMILES string of the molecule is O=C(NCC(Cc1cccc2ccccc12)n1cc(-c2ncnc3[nH]ccc23)cn1)c1ccccc1O. The van der Waals surface area contributed by atoms with Crippen molar-refractivity contribution in [3.63, 3.8) is 0 Å². The van der Waals surface area contributed by atoms with Gasteiger partial charge in [-0.15, -0.1) is 0 Å². The molecule has 3 N–H and O–H groups in total. The highest BCUT2D eigenvalue weighted by Gasteiger charge is 2.19. The predicted molar refractivity (Wildman–Crippen MR) is 142 cm³/mol. The maximum Gasteiger partial charge on any atom is 0.255 e. The number of carbonyl (C=O) groups is 1. The van der Waals surface area contributed by atoms with Crippen LogP contribution in [0.25, 0.3) is 33.1 Å². The highest BCUT2D eigenvalue weighted by atomic mass is 16.3. The van der Waals surface area contributed by atoms with Crippen molar-refractivity contribution in [3.8, 4) is 17.0 Å². The molecule has 3 aromatic carbocycles. The van der Waals surface area contributed by atoms with Crippen LogP contribution in [0.15, 0.2) is 97.7 Å². The highest BCUT2D eigenvalue weighted by Crippen LogP contribution is 2.27. The van der Waals surface area contributed by atoms with Gasteiger partial charge >= 0.3 is 0 Å². The fraction of sp³-hybridized carbons (Fsp3) is 0.103. The molecule has 0 aliphatic rings. The number of aromatic nitrogens is 5. The first-order chi connectivity index (χ1) is 18.2. The fourth-order valence-electron chi connectivity index (χ4n) is 4.72. The number of aromatic amines is 1. The average molecular weight is 489 g/mol. The van der Waals surface area contributed by atoms with E-state index in [1.807, 2.05) is 41.3 Å². The van der Waals surface area contributed by atoms with E-state index >= 15 is 0 Å². The second-order valence-electron chi connectivity index (χ2n) is 8.89. The van der Waals surface area contributed by atoms with Gasteiger partial charge in [-0.05, 0) is 41.0 Å². The van der Waals surface area contributed by atoms with Crippen LogP contribution in [0, 0.1) is 0 Å². The molecule has 1 atom stereocenters.